The molecule has 0 aliphatic rings. The van der Waals surface area contributed by atoms with Crippen molar-refractivity contribution in [2.45, 2.75) is 40.2 Å². The number of nitrogens with zero attached hydrogens (tertiary/aromatic N) is 1. The van der Waals surface area contributed by atoms with Crippen LogP contribution in [-0.4, -0.2) is 30.4 Å². The van der Waals surface area contributed by atoms with Gasteiger partial charge in [0.25, 0.3) is 0 Å². The van der Waals surface area contributed by atoms with Gasteiger partial charge in [0.15, 0.2) is 0 Å². The lowest BCUT2D eigenvalue weighted by Crippen LogP contribution is -2.35. The molecular weight excluding hydrogens is 250 g/mol. The van der Waals surface area contributed by atoms with Gasteiger partial charge in [-0.3, -0.25) is 4.79 Å². The van der Waals surface area contributed by atoms with Crippen LogP contribution in [0.2, 0.25) is 0 Å². The maximum absolute atomic E-state index is 12.0. The lowest BCUT2D eigenvalue weighted by molar-refractivity contribution is -0.116. The van der Waals surface area contributed by atoms with E-state index in [9.17, 15) is 4.79 Å². The van der Waals surface area contributed by atoms with Crippen LogP contribution >= 0.6 is 0 Å². The van der Waals surface area contributed by atoms with Gasteiger partial charge >= 0.3 is 0 Å². The number of carbonyl (C=O) groups excluding carboxylic acids is 1. The van der Waals surface area contributed by atoms with Gasteiger partial charge in [0, 0.05) is 30.4 Å². The van der Waals surface area contributed by atoms with Crippen molar-refractivity contribution < 1.29 is 4.79 Å². The molecule has 1 rings (SSSR count). The molecule has 0 fully saturated rings. The number of carbonyl (C=O) groups is 1. The lowest BCUT2D eigenvalue weighted by atomic mass is 10.1. The van der Waals surface area contributed by atoms with Crippen molar-refractivity contribution in [2.24, 2.45) is 5.92 Å². The number of anilines is 2. The Morgan fingerprint density at radius 2 is 2.00 bits per heavy atom. The van der Waals surface area contributed by atoms with E-state index in [4.69, 9.17) is 5.73 Å². The van der Waals surface area contributed by atoms with Gasteiger partial charge in [-0.25, -0.2) is 0 Å². The molecular formula is C16H27N3O. The molecule has 4 nitrogen and oxygen atoms in total. The molecule has 0 saturated heterocycles. The molecule has 1 amide bonds. The molecule has 1 aromatic rings. The zero-order valence-electron chi connectivity index (χ0n) is 13.2. The molecule has 0 spiro atoms. The molecule has 0 saturated carbocycles. The van der Waals surface area contributed by atoms with E-state index in [1.165, 1.54) is 0 Å². The Labute approximate surface area is 122 Å². The van der Waals surface area contributed by atoms with Gasteiger partial charge in [-0.05, 0) is 44.5 Å². The maximum Gasteiger partial charge on any atom is 0.225 e. The minimum atomic E-state index is 0.0292. The van der Waals surface area contributed by atoms with Crippen LogP contribution in [0, 0.1) is 12.8 Å². The molecule has 0 bridgehead atoms. The largest absolute Gasteiger partial charge is 0.399 e. The zero-order chi connectivity index (χ0) is 15.3. The van der Waals surface area contributed by atoms with Crippen LogP contribution in [0.5, 0.6) is 0 Å². The third kappa shape index (κ3) is 4.85. The Hall–Kier alpha value is -1.55. The Morgan fingerprint density at radius 3 is 2.60 bits per heavy atom. The molecule has 0 aliphatic heterocycles. The normalized spacial score (nSPS) is 12.8. The molecule has 112 valence electrons. The topological polar surface area (TPSA) is 58.4 Å². The summed E-state index contributed by atoms with van der Waals surface area (Å²) in [6.45, 7) is 9.29. The smallest absolute Gasteiger partial charge is 0.225 e. The fourth-order valence-electron chi connectivity index (χ4n) is 1.98. The third-order valence-corrected chi connectivity index (χ3v) is 3.89. The second-order valence-corrected chi connectivity index (χ2v) is 5.84. The van der Waals surface area contributed by atoms with Crippen LogP contribution in [0.25, 0.3) is 0 Å². The summed E-state index contributed by atoms with van der Waals surface area (Å²) in [5.41, 5.74) is 8.23. The number of benzene rings is 1. The van der Waals surface area contributed by atoms with Gasteiger partial charge in [-0.15, -0.1) is 0 Å². The maximum atomic E-state index is 12.0. The average molecular weight is 277 g/mol. The summed E-state index contributed by atoms with van der Waals surface area (Å²) >= 11 is 0. The number of nitrogen functional groups attached to an aromatic ring is 1. The highest BCUT2D eigenvalue weighted by Crippen LogP contribution is 2.18. The predicted octanol–water partition coefficient (Wildman–Crippen LogP) is 2.88. The van der Waals surface area contributed by atoms with Gasteiger partial charge in [0.05, 0.1) is 0 Å². The van der Waals surface area contributed by atoms with E-state index in [-0.39, 0.29) is 5.91 Å². The average Bonchev–Trinajstić information content (AvgIpc) is 2.39. The number of nitrogens with two attached hydrogens (primary N) is 1. The van der Waals surface area contributed by atoms with E-state index < -0.39 is 0 Å². The number of hydrogen-bond acceptors (Lipinski definition) is 3. The number of rotatable bonds is 6. The standard InChI is InChI=1S/C16H27N3O/c1-11(2)13(4)19(5)9-8-16(20)18-15-10-14(17)7-6-12(15)3/h6-7,10-11,13H,8-9,17H2,1-5H3,(H,18,20). The van der Waals surface area contributed by atoms with Crippen LogP contribution in [-0.2, 0) is 4.79 Å². The highest BCUT2D eigenvalue weighted by molar-refractivity contribution is 5.92. The van der Waals surface area contributed by atoms with Gasteiger partial charge in [-0.2, -0.15) is 0 Å². The minimum absolute atomic E-state index is 0.0292. The van der Waals surface area contributed by atoms with Gasteiger partial charge in [0.2, 0.25) is 5.91 Å². The highest BCUT2D eigenvalue weighted by atomic mass is 16.1. The van der Waals surface area contributed by atoms with Crippen molar-refractivity contribution in [3.05, 3.63) is 23.8 Å². The summed E-state index contributed by atoms with van der Waals surface area (Å²) in [4.78, 5) is 14.2. The molecule has 1 atom stereocenters. The van der Waals surface area contributed by atoms with E-state index in [0.29, 0.717) is 24.1 Å². The molecule has 20 heavy (non-hydrogen) atoms. The first-order chi connectivity index (χ1) is 9.31. The summed E-state index contributed by atoms with van der Waals surface area (Å²) < 4.78 is 0. The van der Waals surface area contributed by atoms with Gasteiger partial charge in [0.1, 0.15) is 0 Å². The molecule has 0 aromatic heterocycles. The monoisotopic (exact) mass is 277 g/mol. The minimum Gasteiger partial charge on any atom is -0.399 e. The van der Waals surface area contributed by atoms with Crippen molar-refractivity contribution in [1.29, 1.82) is 0 Å². The van der Waals surface area contributed by atoms with E-state index >= 15 is 0 Å². The number of hydrogen-bond donors (Lipinski definition) is 2. The van der Waals surface area contributed by atoms with Crippen LogP contribution in [0.15, 0.2) is 18.2 Å². The number of aryl methyl sites for hydroxylation is 1. The van der Waals surface area contributed by atoms with Crippen molar-refractivity contribution in [1.82, 2.24) is 4.90 Å². The molecule has 3 N–H and O–H groups in total. The Kier molecular flexibility index (Phi) is 6.02. The van der Waals surface area contributed by atoms with Crippen molar-refractivity contribution in [3.8, 4) is 0 Å². The highest BCUT2D eigenvalue weighted by Gasteiger charge is 2.14. The Balaban J connectivity index is 2.50. The Morgan fingerprint density at radius 1 is 1.35 bits per heavy atom. The van der Waals surface area contributed by atoms with Crippen molar-refractivity contribution >= 4 is 17.3 Å². The fraction of sp³-hybridized carbons (Fsp3) is 0.562. The van der Waals surface area contributed by atoms with E-state index in [1.54, 1.807) is 6.07 Å². The van der Waals surface area contributed by atoms with E-state index in [0.717, 1.165) is 17.8 Å². The summed E-state index contributed by atoms with van der Waals surface area (Å²) in [7, 11) is 2.06. The van der Waals surface area contributed by atoms with Crippen LogP contribution in [0.1, 0.15) is 32.8 Å². The second-order valence-electron chi connectivity index (χ2n) is 5.84. The summed E-state index contributed by atoms with van der Waals surface area (Å²) in [6.07, 6.45) is 0.488. The first kappa shape index (κ1) is 16.5. The predicted molar refractivity (Wildman–Crippen MR) is 85.8 cm³/mol. The van der Waals surface area contributed by atoms with Crippen LogP contribution in [0.3, 0.4) is 0 Å². The second kappa shape index (κ2) is 7.29. The SMILES string of the molecule is Cc1ccc(N)cc1NC(=O)CCN(C)C(C)C(C)C. The zero-order valence-corrected chi connectivity index (χ0v) is 13.2. The number of nitrogens with one attached hydrogen (secondary N) is 1. The first-order valence-electron chi connectivity index (χ1n) is 7.17. The first-order valence-corrected chi connectivity index (χ1v) is 7.17. The molecule has 0 radical (unpaired) electrons. The van der Waals surface area contributed by atoms with Gasteiger partial charge in [-0.1, -0.05) is 19.9 Å². The third-order valence-electron chi connectivity index (χ3n) is 3.89. The molecule has 0 aliphatic carbocycles. The number of amides is 1. The van der Waals surface area contributed by atoms with E-state index in [1.807, 2.05) is 19.1 Å². The molecule has 1 aromatic carbocycles. The fourth-order valence-corrected chi connectivity index (χ4v) is 1.98. The van der Waals surface area contributed by atoms with Crippen LogP contribution < -0.4 is 11.1 Å². The molecule has 0 heterocycles. The van der Waals surface area contributed by atoms with Crippen molar-refractivity contribution in [3.63, 3.8) is 0 Å². The summed E-state index contributed by atoms with van der Waals surface area (Å²) in [5.74, 6) is 0.612. The summed E-state index contributed by atoms with van der Waals surface area (Å²) in [5, 5.41) is 2.93. The van der Waals surface area contributed by atoms with Gasteiger partial charge < -0.3 is 16.0 Å². The van der Waals surface area contributed by atoms with Crippen molar-refractivity contribution in [2.75, 3.05) is 24.6 Å². The molecule has 4 heteroatoms. The summed E-state index contributed by atoms with van der Waals surface area (Å²) in [6, 6.07) is 6.02. The lowest BCUT2D eigenvalue weighted by Gasteiger charge is -2.27. The van der Waals surface area contributed by atoms with Crippen LogP contribution in [0.4, 0.5) is 11.4 Å². The van der Waals surface area contributed by atoms with E-state index in [2.05, 4.69) is 38.0 Å². The quantitative estimate of drug-likeness (QED) is 0.786. The Bertz CT molecular complexity index is 457. The molecule has 1 unspecified atom stereocenters.